The third-order valence-corrected chi connectivity index (χ3v) is 14.4. The lowest BCUT2D eigenvalue weighted by molar-refractivity contribution is -0.175. The zero-order valence-corrected chi connectivity index (χ0v) is 30.2. The van der Waals surface area contributed by atoms with Crippen molar-refractivity contribution in [3.8, 4) is 11.1 Å². The van der Waals surface area contributed by atoms with Gasteiger partial charge in [-0.05, 0) is 85.8 Å². The summed E-state index contributed by atoms with van der Waals surface area (Å²) in [4.78, 5) is 30.2. The number of ether oxygens (including phenoxy) is 1. The SMILES string of the molecule is CCOC(=O)N(Cc1ccccc1)C[C@]1(O)CC[C@H]2[C@]34C=C[C@@]5(C=C3C(=O)c3ccc(-c6ccccc6)cc3)CC(O)CC[C@]5(C)[C@H]4CC[C@@]21C. The van der Waals surface area contributed by atoms with Crippen LogP contribution in [0.3, 0.4) is 0 Å². The second-order valence-corrected chi connectivity index (χ2v) is 16.6. The molecule has 1 amide bonds. The van der Waals surface area contributed by atoms with Crippen molar-refractivity contribution in [1.29, 1.82) is 0 Å². The van der Waals surface area contributed by atoms with Crippen molar-refractivity contribution in [3.05, 3.63) is 120 Å². The zero-order valence-electron chi connectivity index (χ0n) is 30.2. The van der Waals surface area contributed by atoms with Gasteiger partial charge in [-0.15, -0.1) is 0 Å². The maximum absolute atomic E-state index is 15.0. The second-order valence-electron chi connectivity index (χ2n) is 16.6. The monoisotopic (exact) mass is 685 g/mol. The summed E-state index contributed by atoms with van der Waals surface area (Å²) in [5, 5.41) is 24.0. The van der Waals surface area contributed by atoms with Gasteiger partial charge in [0.2, 0.25) is 0 Å². The van der Waals surface area contributed by atoms with Gasteiger partial charge in [0.1, 0.15) is 0 Å². The molecule has 0 aromatic heterocycles. The molecule has 266 valence electrons. The third-order valence-electron chi connectivity index (χ3n) is 14.4. The number of carbonyl (C=O) groups is 2. The molecule has 3 fully saturated rings. The summed E-state index contributed by atoms with van der Waals surface area (Å²) in [5.74, 6) is 0.231. The lowest BCUT2D eigenvalue weighted by Gasteiger charge is -2.71. The van der Waals surface area contributed by atoms with Crippen molar-refractivity contribution >= 4 is 11.9 Å². The third kappa shape index (κ3) is 5.03. The molecule has 2 N–H and O–H groups in total. The smallest absolute Gasteiger partial charge is 0.410 e. The number of rotatable bonds is 8. The summed E-state index contributed by atoms with van der Waals surface area (Å²) >= 11 is 0. The minimum Gasteiger partial charge on any atom is -0.450 e. The summed E-state index contributed by atoms with van der Waals surface area (Å²) in [5.41, 5.74) is 1.84. The number of hydrogen-bond acceptors (Lipinski definition) is 5. The van der Waals surface area contributed by atoms with Crippen molar-refractivity contribution in [3.63, 3.8) is 0 Å². The van der Waals surface area contributed by atoms with Gasteiger partial charge in [0.25, 0.3) is 0 Å². The van der Waals surface area contributed by atoms with E-state index >= 15 is 4.79 Å². The van der Waals surface area contributed by atoms with Crippen LogP contribution in [0.1, 0.15) is 81.6 Å². The molecule has 3 saturated carbocycles. The molecule has 6 aliphatic carbocycles. The van der Waals surface area contributed by atoms with Gasteiger partial charge in [-0.2, -0.15) is 0 Å². The average molecular weight is 686 g/mol. The van der Waals surface area contributed by atoms with E-state index in [-0.39, 0.29) is 36.2 Å². The maximum atomic E-state index is 15.0. The molecule has 0 aliphatic heterocycles. The fourth-order valence-corrected chi connectivity index (χ4v) is 11.7. The van der Waals surface area contributed by atoms with E-state index in [1.165, 1.54) is 0 Å². The van der Waals surface area contributed by atoms with Gasteiger partial charge in [-0.25, -0.2) is 4.79 Å². The van der Waals surface area contributed by atoms with Crippen molar-refractivity contribution in [2.75, 3.05) is 13.2 Å². The maximum Gasteiger partial charge on any atom is 0.410 e. The minimum atomic E-state index is -1.17. The number of benzene rings is 3. The van der Waals surface area contributed by atoms with E-state index in [1.54, 1.807) is 4.90 Å². The first-order valence-electron chi connectivity index (χ1n) is 19.0. The number of allylic oxidation sites excluding steroid dienone is 4. The number of amides is 1. The quantitative estimate of drug-likeness (QED) is 0.183. The summed E-state index contributed by atoms with van der Waals surface area (Å²) in [7, 11) is 0. The van der Waals surface area contributed by atoms with Crippen molar-refractivity contribution < 1.29 is 24.5 Å². The summed E-state index contributed by atoms with van der Waals surface area (Å²) < 4.78 is 5.54. The topological polar surface area (TPSA) is 87.1 Å². The molecule has 2 bridgehead atoms. The average Bonchev–Trinajstić information content (AvgIpc) is 3.41. The largest absolute Gasteiger partial charge is 0.450 e. The predicted octanol–water partition coefficient (Wildman–Crippen LogP) is 8.79. The van der Waals surface area contributed by atoms with Gasteiger partial charge < -0.3 is 19.8 Å². The number of nitrogens with zero attached hydrogens (tertiary/aromatic N) is 1. The fourth-order valence-electron chi connectivity index (χ4n) is 11.7. The molecule has 6 heteroatoms. The first-order chi connectivity index (χ1) is 24.5. The van der Waals surface area contributed by atoms with Crippen LogP contribution >= 0.6 is 0 Å². The molecule has 6 nitrogen and oxygen atoms in total. The molecule has 6 aliphatic rings. The number of hydrogen-bond donors (Lipinski definition) is 2. The van der Waals surface area contributed by atoms with Crippen molar-refractivity contribution in [1.82, 2.24) is 4.90 Å². The highest BCUT2D eigenvalue weighted by Gasteiger charge is 2.74. The van der Waals surface area contributed by atoms with E-state index in [9.17, 15) is 15.0 Å². The van der Waals surface area contributed by atoms with Crippen LogP contribution in [0, 0.1) is 33.5 Å². The highest BCUT2D eigenvalue weighted by molar-refractivity contribution is 6.10. The lowest BCUT2D eigenvalue weighted by Crippen LogP contribution is -2.67. The molecule has 3 aromatic rings. The summed E-state index contributed by atoms with van der Waals surface area (Å²) in [6.07, 6.45) is 11.4. The molecule has 0 heterocycles. The van der Waals surface area contributed by atoms with Gasteiger partial charge in [0.05, 0.1) is 24.9 Å². The highest BCUT2D eigenvalue weighted by atomic mass is 16.6. The van der Waals surface area contributed by atoms with E-state index in [1.807, 2.05) is 79.7 Å². The van der Waals surface area contributed by atoms with E-state index in [4.69, 9.17) is 4.74 Å². The van der Waals surface area contributed by atoms with Gasteiger partial charge >= 0.3 is 6.09 Å². The first-order valence-corrected chi connectivity index (χ1v) is 19.0. The first kappa shape index (κ1) is 34.1. The van der Waals surface area contributed by atoms with E-state index in [0.717, 1.165) is 54.4 Å². The standard InChI is InChI=1S/C45H51NO5/c1-4-51-40(49)46(29-31-11-7-5-8-12-31)30-44(50)24-21-38-42(44,3)23-20-37-41(2)22-19-35(47)27-43(41)25-26-45(37,38)36(28-43)39(48)34-17-15-33(16-18-34)32-13-9-6-10-14-32/h5-18,25-26,28,35,37-38,47,50H,4,19-24,27,29-30H2,1-3H3/t35?,37-,38-,41-,42+,43+,44-,45-/m1/s1. The van der Waals surface area contributed by atoms with Gasteiger partial charge in [-0.1, -0.05) is 117 Å². The molecular weight excluding hydrogens is 634 g/mol. The number of Topliss-reactive ketones (excluding diaryl/α,β-unsaturated/α-hetero) is 1. The molecule has 3 aromatic carbocycles. The Morgan fingerprint density at radius 1 is 0.804 bits per heavy atom. The van der Waals surface area contributed by atoms with Crippen LogP contribution in [0.2, 0.25) is 0 Å². The van der Waals surface area contributed by atoms with Crippen molar-refractivity contribution in [2.45, 2.75) is 84.0 Å². The van der Waals surface area contributed by atoms with E-state index in [2.05, 4.69) is 44.2 Å². The molecule has 0 radical (unpaired) electrons. The number of aliphatic hydroxyl groups is 2. The normalized spacial score (nSPS) is 36.0. The fraction of sp³-hybridized carbons (Fsp3) is 0.467. The van der Waals surface area contributed by atoms with Crippen LogP contribution in [-0.4, -0.2) is 51.8 Å². The molecule has 0 saturated heterocycles. The number of fused-ring (bicyclic) bond motifs is 1. The van der Waals surface area contributed by atoms with Crippen LogP contribution in [0.15, 0.2) is 109 Å². The lowest BCUT2D eigenvalue weighted by atomic mass is 9.32. The Morgan fingerprint density at radius 3 is 2.14 bits per heavy atom. The van der Waals surface area contributed by atoms with Crippen molar-refractivity contribution in [2.24, 2.45) is 33.5 Å². The van der Waals surface area contributed by atoms with E-state index < -0.39 is 34.0 Å². The van der Waals surface area contributed by atoms with Crippen LogP contribution in [0.5, 0.6) is 0 Å². The molecule has 8 atom stereocenters. The molecule has 2 spiro atoms. The predicted molar refractivity (Wildman–Crippen MR) is 199 cm³/mol. The number of carbonyl (C=O) groups excluding carboxylic acids is 2. The van der Waals surface area contributed by atoms with Crippen LogP contribution in [-0.2, 0) is 11.3 Å². The zero-order chi connectivity index (χ0) is 35.6. The minimum absolute atomic E-state index is 0.00784. The second kappa shape index (κ2) is 12.3. The molecular formula is C45H51NO5. The molecule has 51 heavy (non-hydrogen) atoms. The summed E-state index contributed by atoms with van der Waals surface area (Å²) in [6.45, 7) is 7.21. The Labute approximate surface area is 302 Å². The van der Waals surface area contributed by atoms with Crippen LogP contribution < -0.4 is 0 Å². The number of ketones is 1. The Bertz CT molecular complexity index is 1870. The Kier molecular flexibility index (Phi) is 8.23. The van der Waals surface area contributed by atoms with Gasteiger partial charge in [0.15, 0.2) is 5.78 Å². The van der Waals surface area contributed by atoms with Gasteiger partial charge in [-0.3, -0.25) is 4.79 Å². The molecule has 9 rings (SSSR count). The van der Waals surface area contributed by atoms with Crippen LogP contribution in [0.25, 0.3) is 11.1 Å². The Balaban J connectivity index is 1.19. The Hall–Kier alpha value is -4.00. The van der Waals surface area contributed by atoms with E-state index in [0.29, 0.717) is 24.9 Å². The van der Waals surface area contributed by atoms with Crippen LogP contribution in [0.4, 0.5) is 4.79 Å². The highest BCUT2D eigenvalue weighted by Crippen LogP contribution is 2.78. The summed E-state index contributed by atoms with van der Waals surface area (Å²) in [6, 6.07) is 28.1. The van der Waals surface area contributed by atoms with Gasteiger partial charge in [0, 0.05) is 33.9 Å². The number of aliphatic hydroxyl groups excluding tert-OH is 1. The Morgan fingerprint density at radius 2 is 1.43 bits per heavy atom. The molecule has 1 unspecified atom stereocenters.